The molecular formula is C16H17FN2O3S. The molecule has 2 aromatic rings. The van der Waals surface area contributed by atoms with Gasteiger partial charge in [0.2, 0.25) is 10.0 Å². The van der Waals surface area contributed by atoms with Crippen molar-refractivity contribution in [3.05, 3.63) is 59.4 Å². The Kier molecular flexibility index (Phi) is 4.82. The number of carbonyl (C=O) groups excluding carboxylic acids is 1. The second kappa shape index (κ2) is 6.47. The third-order valence-corrected chi connectivity index (χ3v) is 5.08. The molecule has 0 aromatic heterocycles. The molecule has 1 amide bonds. The number of aryl methyl sites for hydroxylation is 1. The van der Waals surface area contributed by atoms with Crippen molar-refractivity contribution >= 4 is 21.6 Å². The number of nitrogens with zero attached hydrogens (tertiary/aromatic N) is 1. The molecule has 0 aliphatic rings. The van der Waals surface area contributed by atoms with Crippen LogP contribution in [0.15, 0.2) is 47.4 Å². The number of nitrogens with one attached hydrogen (secondary N) is 1. The minimum absolute atomic E-state index is 0.141. The second-order valence-corrected chi connectivity index (χ2v) is 7.40. The van der Waals surface area contributed by atoms with Crippen molar-refractivity contribution < 1.29 is 17.6 Å². The fourth-order valence-corrected chi connectivity index (χ4v) is 2.81. The molecule has 0 radical (unpaired) electrons. The van der Waals surface area contributed by atoms with E-state index in [4.69, 9.17) is 0 Å². The van der Waals surface area contributed by atoms with Gasteiger partial charge < -0.3 is 5.32 Å². The van der Waals surface area contributed by atoms with Gasteiger partial charge in [-0.05, 0) is 37.3 Å². The van der Waals surface area contributed by atoms with Crippen LogP contribution in [0.2, 0.25) is 0 Å². The molecule has 0 fully saturated rings. The van der Waals surface area contributed by atoms with Crippen molar-refractivity contribution in [2.24, 2.45) is 0 Å². The zero-order valence-corrected chi connectivity index (χ0v) is 13.8. The number of amides is 1. The van der Waals surface area contributed by atoms with Crippen LogP contribution in [0.4, 0.5) is 10.1 Å². The topological polar surface area (TPSA) is 66.5 Å². The number of anilines is 1. The lowest BCUT2D eigenvalue weighted by atomic mass is 10.2. The number of carbonyl (C=O) groups is 1. The van der Waals surface area contributed by atoms with E-state index in [2.05, 4.69) is 5.32 Å². The maximum absolute atomic E-state index is 13.9. The van der Waals surface area contributed by atoms with Crippen molar-refractivity contribution in [1.82, 2.24) is 4.31 Å². The summed E-state index contributed by atoms with van der Waals surface area (Å²) < 4.78 is 39.1. The summed E-state index contributed by atoms with van der Waals surface area (Å²) in [7, 11) is -1.01. The highest BCUT2D eigenvalue weighted by Gasteiger charge is 2.21. The molecule has 7 heteroatoms. The van der Waals surface area contributed by atoms with Gasteiger partial charge in [0.05, 0.1) is 10.5 Å². The standard InChI is InChI=1S/C16H17FN2O3S/c1-11-4-6-12(7-5-11)18-16(20)14-10-13(8-9-15(14)17)23(21,22)19(2)3/h4-10H,1-3H3,(H,18,20). The first-order valence-corrected chi connectivity index (χ1v) is 8.26. The minimum Gasteiger partial charge on any atom is -0.322 e. The van der Waals surface area contributed by atoms with Crippen LogP contribution in [0.1, 0.15) is 15.9 Å². The average molecular weight is 336 g/mol. The molecule has 23 heavy (non-hydrogen) atoms. The van der Waals surface area contributed by atoms with Crippen LogP contribution in [0.5, 0.6) is 0 Å². The van der Waals surface area contributed by atoms with Crippen LogP contribution in [-0.2, 0) is 10.0 Å². The number of sulfonamides is 1. The van der Waals surface area contributed by atoms with Crippen LogP contribution in [0, 0.1) is 12.7 Å². The summed E-state index contributed by atoms with van der Waals surface area (Å²) in [5.41, 5.74) is 1.20. The quantitative estimate of drug-likeness (QED) is 0.933. The average Bonchev–Trinajstić information content (AvgIpc) is 2.49. The first kappa shape index (κ1) is 17.1. The summed E-state index contributed by atoms with van der Waals surface area (Å²) >= 11 is 0. The van der Waals surface area contributed by atoms with Crippen molar-refractivity contribution in [3.63, 3.8) is 0 Å². The molecule has 0 spiro atoms. The monoisotopic (exact) mass is 336 g/mol. The normalized spacial score (nSPS) is 11.5. The lowest BCUT2D eigenvalue weighted by molar-refractivity contribution is 0.102. The fourth-order valence-electron chi connectivity index (χ4n) is 1.88. The van der Waals surface area contributed by atoms with Gasteiger partial charge in [0, 0.05) is 19.8 Å². The Bertz CT molecular complexity index is 831. The molecule has 0 bridgehead atoms. The SMILES string of the molecule is Cc1ccc(NC(=O)c2cc(S(=O)(=O)N(C)C)ccc2F)cc1. The highest BCUT2D eigenvalue weighted by Crippen LogP contribution is 2.19. The number of halogens is 1. The molecule has 0 heterocycles. The Morgan fingerprint density at radius 1 is 1.09 bits per heavy atom. The summed E-state index contributed by atoms with van der Waals surface area (Å²) in [6.45, 7) is 1.90. The van der Waals surface area contributed by atoms with E-state index in [1.165, 1.54) is 14.1 Å². The molecule has 0 aliphatic carbocycles. The second-order valence-electron chi connectivity index (χ2n) is 5.25. The van der Waals surface area contributed by atoms with Crippen LogP contribution in [0.3, 0.4) is 0 Å². The largest absolute Gasteiger partial charge is 0.322 e. The van der Waals surface area contributed by atoms with Gasteiger partial charge in [-0.1, -0.05) is 17.7 Å². The van der Waals surface area contributed by atoms with Gasteiger partial charge in [-0.3, -0.25) is 4.79 Å². The third kappa shape index (κ3) is 3.75. The summed E-state index contributed by atoms with van der Waals surface area (Å²) in [5, 5.41) is 2.55. The smallest absolute Gasteiger partial charge is 0.258 e. The van der Waals surface area contributed by atoms with Crippen molar-refractivity contribution in [2.75, 3.05) is 19.4 Å². The van der Waals surface area contributed by atoms with E-state index in [-0.39, 0.29) is 10.5 Å². The molecule has 1 N–H and O–H groups in total. The number of hydrogen-bond acceptors (Lipinski definition) is 3. The molecule has 0 saturated heterocycles. The molecule has 0 aliphatic heterocycles. The number of hydrogen-bond donors (Lipinski definition) is 1. The van der Waals surface area contributed by atoms with Crippen LogP contribution in [-0.4, -0.2) is 32.7 Å². The molecule has 2 rings (SSSR count). The first-order chi connectivity index (χ1) is 10.7. The van der Waals surface area contributed by atoms with E-state index < -0.39 is 21.7 Å². The highest BCUT2D eigenvalue weighted by atomic mass is 32.2. The van der Waals surface area contributed by atoms with Gasteiger partial charge in [-0.2, -0.15) is 0 Å². The maximum Gasteiger partial charge on any atom is 0.258 e. The van der Waals surface area contributed by atoms with Crippen LogP contribution < -0.4 is 5.32 Å². The highest BCUT2D eigenvalue weighted by molar-refractivity contribution is 7.89. The van der Waals surface area contributed by atoms with Gasteiger partial charge in [0.25, 0.3) is 5.91 Å². The first-order valence-electron chi connectivity index (χ1n) is 6.82. The van der Waals surface area contributed by atoms with Crippen LogP contribution >= 0.6 is 0 Å². The maximum atomic E-state index is 13.9. The van der Waals surface area contributed by atoms with Gasteiger partial charge >= 0.3 is 0 Å². The van der Waals surface area contributed by atoms with Gasteiger partial charge in [-0.15, -0.1) is 0 Å². The molecule has 0 saturated carbocycles. The van der Waals surface area contributed by atoms with Gasteiger partial charge in [0.15, 0.2) is 0 Å². The van der Waals surface area contributed by atoms with E-state index in [9.17, 15) is 17.6 Å². The lowest BCUT2D eigenvalue weighted by Gasteiger charge is -2.13. The summed E-state index contributed by atoms with van der Waals surface area (Å²) in [6.07, 6.45) is 0. The number of benzene rings is 2. The van der Waals surface area contributed by atoms with Crippen molar-refractivity contribution in [2.45, 2.75) is 11.8 Å². The molecule has 0 atom stereocenters. The molecule has 5 nitrogen and oxygen atoms in total. The van der Waals surface area contributed by atoms with Gasteiger partial charge in [-0.25, -0.2) is 17.1 Å². The number of rotatable bonds is 4. The van der Waals surface area contributed by atoms with Crippen LogP contribution in [0.25, 0.3) is 0 Å². The Balaban J connectivity index is 2.35. The Hall–Kier alpha value is -2.25. The molecule has 122 valence electrons. The van der Waals surface area contributed by atoms with E-state index in [1.807, 2.05) is 6.92 Å². The summed E-state index contributed by atoms with van der Waals surface area (Å²) in [6, 6.07) is 10.1. The predicted molar refractivity (Wildman–Crippen MR) is 86.4 cm³/mol. The Morgan fingerprint density at radius 2 is 1.70 bits per heavy atom. The van der Waals surface area contributed by atoms with Crippen molar-refractivity contribution in [3.8, 4) is 0 Å². The van der Waals surface area contributed by atoms with E-state index >= 15 is 0 Å². The fraction of sp³-hybridized carbons (Fsp3) is 0.188. The van der Waals surface area contributed by atoms with E-state index in [0.717, 1.165) is 28.1 Å². The van der Waals surface area contributed by atoms with E-state index in [0.29, 0.717) is 5.69 Å². The zero-order valence-electron chi connectivity index (χ0n) is 13.0. The van der Waals surface area contributed by atoms with E-state index in [1.54, 1.807) is 24.3 Å². The minimum atomic E-state index is -3.74. The zero-order chi connectivity index (χ0) is 17.2. The van der Waals surface area contributed by atoms with Crippen molar-refractivity contribution in [1.29, 1.82) is 0 Å². The Labute approximate surface area is 134 Å². The van der Waals surface area contributed by atoms with Gasteiger partial charge in [0.1, 0.15) is 5.82 Å². The Morgan fingerprint density at radius 3 is 2.26 bits per heavy atom. The molecule has 0 unspecified atom stereocenters. The molecule has 2 aromatic carbocycles. The third-order valence-electron chi connectivity index (χ3n) is 3.27. The summed E-state index contributed by atoms with van der Waals surface area (Å²) in [4.78, 5) is 12.1. The summed E-state index contributed by atoms with van der Waals surface area (Å²) in [5.74, 6) is -1.49. The lowest BCUT2D eigenvalue weighted by Crippen LogP contribution is -2.23. The predicted octanol–water partition coefficient (Wildman–Crippen LogP) is 2.64. The molecular weight excluding hydrogens is 319 g/mol.